The maximum Gasteiger partial charge on any atom is 0.494 e. The lowest BCUT2D eigenvalue weighted by Crippen LogP contribution is -2.41. The second kappa shape index (κ2) is 14.0. The van der Waals surface area contributed by atoms with Crippen LogP contribution in [0, 0.1) is 0 Å². The van der Waals surface area contributed by atoms with E-state index in [1.54, 1.807) is 7.11 Å². The molecule has 2 heterocycles. The number of methoxy groups -OCH3 is 1. The van der Waals surface area contributed by atoms with Crippen LogP contribution in [0.15, 0.2) is 121 Å². The zero-order valence-electron chi connectivity index (χ0n) is 32.1. The van der Waals surface area contributed by atoms with Crippen LogP contribution in [0.2, 0.25) is 0 Å². The molecule has 0 aromatic heterocycles. The van der Waals surface area contributed by atoms with Crippen LogP contribution in [0.4, 0.5) is 0 Å². The van der Waals surface area contributed by atoms with Gasteiger partial charge in [-0.25, -0.2) is 0 Å². The molecule has 0 radical (unpaired) electrons. The Bertz CT molecular complexity index is 1850. The summed E-state index contributed by atoms with van der Waals surface area (Å²) in [7, 11) is 0.866. The topological polar surface area (TPSA) is 64.6 Å². The highest BCUT2D eigenvalue weighted by molar-refractivity contribution is 6.62. The zero-order chi connectivity index (χ0) is 37.6. The van der Waals surface area contributed by atoms with E-state index in [4.69, 9.17) is 32.8 Å². The SMILES string of the molecule is COc1ccc(C(Oc2ccc(-c3ccc(B4OC(C)(C)C(C)(C)O4)cc3)cc2)Oc2ccc(-c3ccc(B4OC(C)(C)C(C)(C)O4)cc3)cc2)cc1. The summed E-state index contributed by atoms with van der Waals surface area (Å²) in [4.78, 5) is 0. The van der Waals surface area contributed by atoms with Gasteiger partial charge in [0.25, 0.3) is 6.29 Å². The van der Waals surface area contributed by atoms with Gasteiger partial charge in [-0.05, 0) is 137 Å². The largest absolute Gasteiger partial charge is 0.497 e. The van der Waals surface area contributed by atoms with Crippen molar-refractivity contribution in [1.29, 1.82) is 0 Å². The van der Waals surface area contributed by atoms with Crippen molar-refractivity contribution in [2.45, 2.75) is 84.1 Å². The lowest BCUT2D eigenvalue weighted by molar-refractivity contribution is 0.00380. The summed E-state index contributed by atoms with van der Waals surface area (Å²) in [6.07, 6.45) is -0.698. The van der Waals surface area contributed by atoms with Crippen molar-refractivity contribution < 1.29 is 32.8 Å². The molecule has 0 aliphatic carbocycles. The molecule has 2 fully saturated rings. The van der Waals surface area contributed by atoms with E-state index >= 15 is 0 Å². The molecule has 0 N–H and O–H groups in total. The van der Waals surface area contributed by atoms with E-state index < -0.39 is 20.5 Å². The van der Waals surface area contributed by atoms with Crippen LogP contribution in [0.5, 0.6) is 17.2 Å². The molecule has 7 rings (SSSR count). The molecular formula is C44H48B2O7. The Kier molecular flexibility index (Phi) is 9.75. The van der Waals surface area contributed by atoms with Gasteiger partial charge in [-0.3, -0.25) is 0 Å². The number of ether oxygens (including phenoxy) is 3. The smallest absolute Gasteiger partial charge is 0.494 e. The first-order valence-corrected chi connectivity index (χ1v) is 18.2. The fourth-order valence-electron chi connectivity index (χ4n) is 6.24. The molecule has 7 nitrogen and oxygen atoms in total. The Morgan fingerprint density at radius 2 is 0.679 bits per heavy atom. The predicted molar refractivity (Wildman–Crippen MR) is 212 cm³/mol. The number of benzene rings is 5. The first-order chi connectivity index (χ1) is 25.1. The number of rotatable bonds is 10. The van der Waals surface area contributed by atoms with Gasteiger partial charge in [0.2, 0.25) is 0 Å². The monoisotopic (exact) mass is 710 g/mol. The number of hydrogen-bond donors (Lipinski definition) is 0. The Hall–Kier alpha value is -4.53. The Morgan fingerprint density at radius 1 is 0.396 bits per heavy atom. The van der Waals surface area contributed by atoms with E-state index in [1.165, 1.54) is 0 Å². The molecule has 2 saturated heterocycles. The van der Waals surface area contributed by atoms with Crippen LogP contribution < -0.4 is 25.1 Å². The van der Waals surface area contributed by atoms with Crippen LogP contribution in [-0.4, -0.2) is 43.8 Å². The lowest BCUT2D eigenvalue weighted by Gasteiger charge is -2.32. The summed E-state index contributed by atoms with van der Waals surface area (Å²) in [5, 5.41) is 0. The molecule has 53 heavy (non-hydrogen) atoms. The third kappa shape index (κ3) is 7.62. The van der Waals surface area contributed by atoms with E-state index in [2.05, 4.69) is 128 Å². The summed E-state index contributed by atoms with van der Waals surface area (Å²) in [6, 6.07) is 40.4. The van der Waals surface area contributed by atoms with E-state index in [1.807, 2.05) is 48.5 Å². The lowest BCUT2D eigenvalue weighted by atomic mass is 9.78. The molecule has 0 amide bonds. The molecule has 0 spiro atoms. The minimum atomic E-state index is -0.698. The Labute approximate surface area is 314 Å². The van der Waals surface area contributed by atoms with Crippen LogP contribution >= 0.6 is 0 Å². The van der Waals surface area contributed by atoms with Crippen molar-refractivity contribution in [3.8, 4) is 39.5 Å². The van der Waals surface area contributed by atoms with Crippen molar-refractivity contribution in [1.82, 2.24) is 0 Å². The Balaban J connectivity index is 1.04. The van der Waals surface area contributed by atoms with Crippen molar-refractivity contribution >= 4 is 25.2 Å². The fourth-order valence-corrected chi connectivity index (χ4v) is 6.24. The van der Waals surface area contributed by atoms with E-state index in [-0.39, 0.29) is 22.4 Å². The maximum absolute atomic E-state index is 6.48. The van der Waals surface area contributed by atoms with Gasteiger partial charge >= 0.3 is 14.2 Å². The summed E-state index contributed by atoms with van der Waals surface area (Å²) in [5.74, 6) is 2.12. The van der Waals surface area contributed by atoms with Crippen LogP contribution in [0.3, 0.4) is 0 Å². The highest BCUT2D eigenvalue weighted by Crippen LogP contribution is 2.38. The van der Waals surface area contributed by atoms with Gasteiger partial charge in [0.05, 0.1) is 29.5 Å². The first kappa shape index (κ1) is 36.8. The average Bonchev–Trinajstić information content (AvgIpc) is 3.51. The van der Waals surface area contributed by atoms with Gasteiger partial charge < -0.3 is 32.8 Å². The minimum Gasteiger partial charge on any atom is -0.497 e. The van der Waals surface area contributed by atoms with Crippen LogP contribution in [0.25, 0.3) is 22.3 Å². The first-order valence-electron chi connectivity index (χ1n) is 18.2. The van der Waals surface area contributed by atoms with Crippen molar-refractivity contribution in [3.63, 3.8) is 0 Å². The molecule has 0 bridgehead atoms. The Morgan fingerprint density at radius 3 is 0.981 bits per heavy atom. The number of hydrogen-bond acceptors (Lipinski definition) is 7. The van der Waals surface area contributed by atoms with Crippen molar-refractivity contribution in [3.05, 3.63) is 127 Å². The van der Waals surface area contributed by atoms with E-state index in [0.717, 1.165) is 44.5 Å². The molecule has 0 saturated carbocycles. The van der Waals surface area contributed by atoms with Crippen molar-refractivity contribution in [2.75, 3.05) is 7.11 Å². The zero-order valence-corrected chi connectivity index (χ0v) is 32.1. The third-order valence-electron chi connectivity index (χ3n) is 11.1. The summed E-state index contributed by atoms with van der Waals surface area (Å²) in [5.41, 5.74) is 5.63. The molecular weight excluding hydrogens is 662 g/mol. The van der Waals surface area contributed by atoms with Gasteiger partial charge in [-0.15, -0.1) is 0 Å². The quantitative estimate of drug-likeness (QED) is 0.106. The minimum absolute atomic E-state index is 0.382. The molecule has 2 aliphatic rings. The molecule has 0 unspecified atom stereocenters. The normalized spacial score (nSPS) is 18.3. The molecule has 5 aromatic carbocycles. The molecule has 5 aromatic rings. The van der Waals surface area contributed by atoms with Crippen molar-refractivity contribution in [2.24, 2.45) is 0 Å². The second-order valence-electron chi connectivity index (χ2n) is 15.8. The highest BCUT2D eigenvalue weighted by Gasteiger charge is 2.52. The summed E-state index contributed by atoms with van der Waals surface area (Å²) in [6.45, 7) is 16.5. The van der Waals surface area contributed by atoms with Gasteiger partial charge in [-0.2, -0.15) is 0 Å². The molecule has 0 atom stereocenters. The highest BCUT2D eigenvalue weighted by atomic mass is 16.7. The van der Waals surface area contributed by atoms with Crippen LogP contribution in [-0.2, 0) is 18.6 Å². The van der Waals surface area contributed by atoms with E-state index in [0.29, 0.717) is 11.5 Å². The maximum atomic E-state index is 6.48. The average molecular weight is 710 g/mol. The summed E-state index contributed by atoms with van der Waals surface area (Å²) >= 11 is 0. The van der Waals surface area contributed by atoms with Gasteiger partial charge in [0, 0.05) is 5.56 Å². The summed E-state index contributed by atoms with van der Waals surface area (Å²) < 4.78 is 43.3. The fraction of sp³-hybridized carbons (Fsp3) is 0.318. The third-order valence-corrected chi connectivity index (χ3v) is 11.1. The standard InChI is InChI=1S/C44H48B2O7/c1-41(2)42(3,4)51-45(50-41)35-20-10-30(11-21-35)32-14-26-38(27-15-32)48-40(34-18-24-37(47-9)25-19-34)49-39-28-16-33(17-29-39)31-12-22-36(23-13-31)46-52-43(5,6)44(7,8)53-46/h10-29,40H,1-9H3. The predicted octanol–water partition coefficient (Wildman–Crippen LogP) is 8.78. The van der Waals surface area contributed by atoms with E-state index in [9.17, 15) is 0 Å². The molecule has 272 valence electrons. The molecule has 2 aliphatic heterocycles. The van der Waals surface area contributed by atoms with Gasteiger partial charge in [0.1, 0.15) is 17.2 Å². The van der Waals surface area contributed by atoms with Gasteiger partial charge in [-0.1, -0.05) is 72.8 Å². The molecule has 9 heteroatoms. The van der Waals surface area contributed by atoms with Gasteiger partial charge in [0.15, 0.2) is 0 Å². The van der Waals surface area contributed by atoms with Crippen LogP contribution in [0.1, 0.15) is 67.2 Å². The second-order valence-corrected chi connectivity index (χ2v) is 15.8.